The van der Waals surface area contributed by atoms with Crippen LogP contribution in [0.4, 0.5) is 10.1 Å². The third kappa shape index (κ3) is 4.67. The molecule has 0 saturated carbocycles. The quantitative estimate of drug-likeness (QED) is 0.859. The van der Waals surface area contributed by atoms with Gasteiger partial charge in [-0.25, -0.2) is 4.39 Å². The van der Waals surface area contributed by atoms with Crippen molar-refractivity contribution in [1.29, 1.82) is 0 Å². The first-order valence-corrected chi connectivity index (χ1v) is 7.31. The number of H-pyrrole nitrogens is 1. The maximum absolute atomic E-state index is 12.9. The van der Waals surface area contributed by atoms with Gasteiger partial charge in [0.15, 0.2) is 0 Å². The molecule has 0 aliphatic heterocycles. The second-order valence-electron chi connectivity index (χ2n) is 5.56. The number of halogens is 1. The van der Waals surface area contributed by atoms with E-state index in [-0.39, 0.29) is 11.1 Å². The molecule has 0 fully saturated rings. The van der Waals surface area contributed by atoms with Crippen molar-refractivity contribution in [1.82, 2.24) is 4.98 Å². The molecule has 0 aliphatic rings. The molecule has 1 amide bonds. The summed E-state index contributed by atoms with van der Waals surface area (Å²) in [6, 6.07) is 7.46. The Balaban J connectivity index is 2.27. The maximum atomic E-state index is 12.9. The minimum absolute atomic E-state index is 0.237. The first kappa shape index (κ1) is 16.7. The highest BCUT2D eigenvalue weighted by atomic mass is 19.1. The van der Waals surface area contributed by atoms with Crippen molar-refractivity contribution in [3.8, 4) is 5.75 Å². The molecule has 23 heavy (non-hydrogen) atoms. The van der Waals surface area contributed by atoms with Crippen LogP contribution in [0.2, 0.25) is 0 Å². The molecule has 0 saturated heterocycles. The highest BCUT2D eigenvalue weighted by Crippen LogP contribution is 2.23. The van der Waals surface area contributed by atoms with E-state index in [9.17, 15) is 14.0 Å². The molecule has 2 N–H and O–H groups in total. The molecule has 1 aromatic carbocycles. The van der Waals surface area contributed by atoms with Gasteiger partial charge in [0.1, 0.15) is 12.4 Å². The van der Waals surface area contributed by atoms with E-state index in [1.807, 2.05) is 13.8 Å². The summed E-state index contributed by atoms with van der Waals surface area (Å²) in [4.78, 5) is 26.2. The van der Waals surface area contributed by atoms with Gasteiger partial charge in [-0.1, -0.05) is 19.9 Å². The first-order valence-electron chi connectivity index (χ1n) is 7.31. The number of carbonyl (C=O) groups is 1. The lowest BCUT2D eigenvalue weighted by molar-refractivity contribution is 0.102. The topological polar surface area (TPSA) is 71.2 Å². The minimum Gasteiger partial charge on any atom is -0.492 e. The Bertz CT molecular complexity index is 741. The summed E-state index contributed by atoms with van der Waals surface area (Å²) in [6.45, 7) is 3.76. The number of carbonyl (C=O) groups excluding carboxylic acids is 1. The summed E-state index contributed by atoms with van der Waals surface area (Å²) < 4.78 is 18.5. The van der Waals surface area contributed by atoms with Crippen LogP contribution in [-0.2, 0) is 6.67 Å². The number of hydrogen-bond donors (Lipinski definition) is 2. The third-order valence-corrected chi connectivity index (χ3v) is 3.05. The van der Waals surface area contributed by atoms with Crippen molar-refractivity contribution in [2.45, 2.75) is 20.5 Å². The van der Waals surface area contributed by atoms with Gasteiger partial charge in [0.2, 0.25) is 5.56 Å². The number of pyridine rings is 1. The maximum Gasteiger partial charge on any atom is 0.259 e. The summed E-state index contributed by atoms with van der Waals surface area (Å²) in [6.07, 6.45) is 1.44. The van der Waals surface area contributed by atoms with Gasteiger partial charge in [0, 0.05) is 18.0 Å². The molecule has 0 bridgehead atoms. The van der Waals surface area contributed by atoms with E-state index in [0.717, 1.165) is 0 Å². The molecule has 1 heterocycles. The predicted molar refractivity (Wildman–Crippen MR) is 86.6 cm³/mol. The Kier molecular flexibility index (Phi) is 5.51. The van der Waals surface area contributed by atoms with Gasteiger partial charge in [-0.2, -0.15) is 0 Å². The summed E-state index contributed by atoms with van der Waals surface area (Å²) >= 11 is 0. The van der Waals surface area contributed by atoms with E-state index < -0.39 is 12.6 Å². The first-order chi connectivity index (χ1) is 11.0. The Hall–Kier alpha value is -2.63. The van der Waals surface area contributed by atoms with Crippen LogP contribution in [0.5, 0.6) is 5.75 Å². The van der Waals surface area contributed by atoms with Gasteiger partial charge in [0.05, 0.1) is 12.2 Å². The van der Waals surface area contributed by atoms with Gasteiger partial charge in [-0.05, 0) is 29.7 Å². The lowest BCUT2D eigenvalue weighted by atomic mass is 10.1. The van der Waals surface area contributed by atoms with Gasteiger partial charge < -0.3 is 15.0 Å². The van der Waals surface area contributed by atoms with Crippen LogP contribution in [0.1, 0.15) is 29.8 Å². The number of hydrogen-bond acceptors (Lipinski definition) is 3. The zero-order valence-corrected chi connectivity index (χ0v) is 13.1. The Morgan fingerprint density at radius 2 is 2.09 bits per heavy atom. The van der Waals surface area contributed by atoms with E-state index >= 15 is 0 Å². The molecule has 1 aromatic heterocycles. The highest BCUT2D eigenvalue weighted by Gasteiger charge is 2.15. The zero-order valence-electron chi connectivity index (χ0n) is 13.1. The number of nitrogens with one attached hydrogen (secondary N) is 2. The molecule has 2 rings (SSSR count). The van der Waals surface area contributed by atoms with Gasteiger partial charge in [-0.15, -0.1) is 0 Å². The van der Waals surface area contributed by atoms with Crippen molar-refractivity contribution in [3.05, 3.63) is 58.0 Å². The second kappa shape index (κ2) is 7.58. The van der Waals surface area contributed by atoms with E-state index in [1.54, 1.807) is 18.2 Å². The molecular formula is C17H19FN2O3. The number of aromatic amines is 1. The van der Waals surface area contributed by atoms with Crippen molar-refractivity contribution < 1.29 is 13.9 Å². The van der Waals surface area contributed by atoms with Crippen molar-refractivity contribution >= 4 is 11.6 Å². The Morgan fingerprint density at radius 3 is 2.74 bits per heavy atom. The van der Waals surface area contributed by atoms with Crippen molar-refractivity contribution in [2.75, 3.05) is 11.9 Å². The normalized spacial score (nSPS) is 10.6. The molecule has 2 aromatic rings. The summed E-state index contributed by atoms with van der Waals surface area (Å²) in [5.74, 6) is 0.224. The fourth-order valence-corrected chi connectivity index (χ4v) is 1.94. The van der Waals surface area contributed by atoms with Crippen LogP contribution >= 0.6 is 0 Å². The number of ether oxygens (including phenoxy) is 1. The summed E-state index contributed by atoms with van der Waals surface area (Å²) in [7, 11) is 0. The fraction of sp³-hybridized carbons (Fsp3) is 0.294. The number of benzene rings is 1. The average Bonchev–Trinajstić information content (AvgIpc) is 2.52. The standard InChI is InChI=1S/C17H19FN2O3/c1-11(2)10-23-15-4-3-12(9-18)7-14(15)17(22)20-13-5-6-19-16(21)8-13/h3-8,11H,9-10H2,1-2H3,(H2,19,20,21,22). The summed E-state index contributed by atoms with van der Waals surface area (Å²) in [5.41, 5.74) is 0.662. The molecule has 0 spiro atoms. The Labute approximate surface area is 133 Å². The van der Waals surface area contributed by atoms with Gasteiger partial charge >= 0.3 is 0 Å². The largest absolute Gasteiger partial charge is 0.492 e. The van der Waals surface area contributed by atoms with Crippen molar-refractivity contribution in [2.24, 2.45) is 5.92 Å². The van der Waals surface area contributed by atoms with E-state index in [2.05, 4.69) is 10.3 Å². The van der Waals surface area contributed by atoms with Gasteiger partial charge in [-0.3, -0.25) is 9.59 Å². The molecular weight excluding hydrogens is 299 g/mol. The van der Waals surface area contributed by atoms with Crippen LogP contribution in [0.25, 0.3) is 0 Å². The van der Waals surface area contributed by atoms with Crippen LogP contribution in [0.3, 0.4) is 0 Å². The zero-order chi connectivity index (χ0) is 16.8. The molecule has 5 nitrogen and oxygen atoms in total. The van der Waals surface area contributed by atoms with Crippen LogP contribution < -0.4 is 15.6 Å². The number of anilines is 1. The lowest BCUT2D eigenvalue weighted by Crippen LogP contribution is -2.16. The molecule has 122 valence electrons. The smallest absolute Gasteiger partial charge is 0.259 e. The molecule has 0 aliphatic carbocycles. The average molecular weight is 318 g/mol. The number of amides is 1. The third-order valence-electron chi connectivity index (χ3n) is 3.05. The minimum atomic E-state index is -0.671. The number of rotatable bonds is 6. The van der Waals surface area contributed by atoms with Crippen LogP contribution in [-0.4, -0.2) is 17.5 Å². The van der Waals surface area contributed by atoms with E-state index in [1.165, 1.54) is 18.3 Å². The summed E-state index contributed by atoms with van der Waals surface area (Å²) in [5, 5.41) is 2.62. The van der Waals surface area contributed by atoms with Crippen LogP contribution in [0, 0.1) is 5.92 Å². The second-order valence-corrected chi connectivity index (χ2v) is 5.56. The molecule has 0 unspecified atom stereocenters. The van der Waals surface area contributed by atoms with Crippen molar-refractivity contribution in [3.63, 3.8) is 0 Å². The highest BCUT2D eigenvalue weighted by molar-refractivity contribution is 6.06. The van der Waals surface area contributed by atoms with E-state index in [4.69, 9.17) is 4.74 Å². The van der Waals surface area contributed by atoms with Gasteiger partial charge in [0.25, 0.3) is 5.91 Å². The lowest BCUT2D eigenvalue weighted by Gasteiger charge is -2.14. The monoisotopic (exact) mass is 318 g/mol. The number of aromatic nitrogens is 1. The number of alkyl halides is 1. The molecule has 6 heteroatoms. The molecule has 0 atom stereocenters. The fourth-order valence-electron chi connectivity index (χ4n) is 1.94. The predicted octanol–water partition coefficient (Wildman–Crippen LogP) is 3.13. The molecule has 0 radical (unpaired) electrons. The Morgan fingerprint density at radius 1 is 1.30 bits per heavy atom. The van der Waals surface area contributed by atoms with E-state index in [0.29, 0.717) is 29.5 Å². The SMILES string of the molecule is CC(C)COc1ccc(CF)cc1C(=O)Nc1cc[nH]c(=O)c1. The van der Waals surface area contributed by atoms with Crippen LogP contribution in [0.15, 0.2) is 41.3 Å².